The van der Waals surface area contributed by atoms with Gasteiger partial charge < -0.3 is 10.6 Å². The zero-order valence-electron chi connectivity index (χ0n) is 11.2. The first kappa shape index (κ1) is 12.9. The van der Waals surface area contributed by atoms with Crippen molar-refractivity contribution in [2.75, 3.05) is 18.4 Å². The highest BCUT2D eigenvalue weighted by Crippen LogP contribution is 2.14. The largest absolute Gasteiger partial charge is 0.326 e. The summed E-state index contributed by atoms with van der Waals surface area (Å²) in [6.45, 7) is 2.46. The first-order valence-electron chi connectivity index (χ1n) is 6.89. The SMILES string of the molecule is O=C(Nc1ccc(Cn2cccn2)cc1)[C@@H]1CCNC1. The van der Waals surface area contributed by atoms with Crippen molar-refractivity contribution in [2.45, 2.75) is 13.0 Å². The number of benzene rings is 1. The molecule has 2 heterocycles. The second-order valence-electron chi connectivity index (χ2n) is 5.08. The van der Waals surface area contributed by atoms with Gasteiger partial charge >= 0.3 is 0 Å². The number of hydrogen-bond donors (Lipinski definition) is 2. The van der Waals surface area contributed by atoms with E-state index in [1.54, 1.807) is 6.20 Å². The van der Waals surface area contributed by atoms with Gasteiger partial charge in [0.15, 0.2) is 0 Å². The van der Waals surface area contributed by atoms with E-state index in [1.165, 1.54) is 0 Å². The summed E-state index contributed by atoms with van der Waals surface area (Å²) in [6, 6.07) is 9.83. The van der Waals surface area contributed by atoms with Crippen LogP contribution in [0.15, 0.2) is 42.7 Å². The number of rotatable bonds is 4. The number of nitrogens with one attached hydrogen (secondary N) is 2. The quantitative estimate of drug-likeness (QED) is 0.884. The fraction of sp³-hybridized carbons (Fsp3) is 0.333. The van der Waals surface area contributed by atoms with Crippen LogP contribution in [0.4, 0.5) is 5.69 Å². The second kappa shape index (κ2) is 5.88. The molecule has 0 bridgehead atoms. The summed E-state index contributed by atoms with van der Waals surface area (Å²) in [7, 11) is 0. The first-order valence-corrected chi connectivity index (χ1v) is 6.89. The molecule has 1 atom stereocenters. The molecule has 5 heteroatoms. The van der Waals surface area contributed by atoms with Crippen molar-refractivity contribution in [3.8, 4) is 0 Å². The Balaban J connectivity index is 1.59. The maximum atomic E-state index is 12.0. The Bertz CT molecular complexity index is 556. The lowest BCUT2D eigenvalue weighted by Crippen LogP contribution is -2.24. The maximum absolute atomic E-state index is 12.0. The molecule has 1 aliphatic rings. The molecule has 1 aliphatic heterocycles. The topological polar surface area (TPSA) is 59.0 Å². The van der Waals surface area contributed by atoms with E-state index in [0.29, 0.717) is 0 Å². The summed E-state index contributed by atoms with van der Waals surface area (Å²) >= 11 is 0. The average Bonchev–Trinajstić information content (AvgIpc) is 3.13. The molecular formula is C15H18N4O. The summed E-state index contributed by atoms with van der Waals surface area (Å²) in [5.74, 6) is 0.202. The second-order valence-corrected chi connectivity index (χ2v) is 5.08. The summed E-state index contributed by atoms with van der Waals surface area (Å²) in [5.41, 5.74) is 2.01. The minimum atomic E-state index is 0.0961. The molecule has 1 aromatic heterocycles. The van der Waals surface area contributed by atoms with Crippen molar-refractivity contribution in [3.63, 3.8) is 0 Å². The Hall–Kier alpha value is -2.14. The minimum absolute atomic E-state index is 0.0961. The van der Waals surface area contributed by atoms with Gasteiger partial charge in [-0.3, -0.25) is 9.48 Å². The number of carbonyl (C=O) groups excluding carboxylic acids is 1. The Morgan fingerprint density at radius 2 is 2.25 bits per heavy atom. The smallest absolute Gasteiger partial charge is 0.228 e. The number of aromatic nitrogens is 2. The van der Waals surface area contributed by atoms with E-state index in [9.17, 15) is 4.79 Å². The van der Waals surface area contributed by atoms with Crippen LogP contribution in [-0.2, 0) is 11.3 Å². The average molecular weight is 270 g/mol. The molecule has 3 rings (SSSR count). The van der Waals surface area contributed by atoms with E-state index in [1.807, 2.05) is 41.2 Å². The molecule has 0 unspecified atom stereocenters. The normalized spacial score (nSPS) is 18.1. The third-order valence-electron chi connectivity index (χ3n) is 3.56. The van der Waals surface area contributed by atoms with Gasteiger partial charge in [-0.05, 0) is 36.7 Å². The number of carbonyl (C=O) groups is 1. The van der Waals surface area contributed by atoms with Crippen LogP contribution < -0.4 is 10.6 Å². The van der Waals surface area contributed by atoms with Crippen molar-refractivity contribution < 1.29 is 4.79 Å². The zero-order chi connectivity index (χ0) is 13.8. The van der Waals surface area contributed by atoms with E-state index in [4.69, 9.17) is 0 Å². The monoisotopic (exact) mass is 270 g/mol. The highest BCUT2D eigenvalue weighted by atomic mass is 16.1. The maximum Gasteiger partial charge on any atom is 0.228 e. The molecule has 2 N–H and O–H groups in total. The van der Waals surface area contributed by atoms with Gasteiger partial charge in [-0.15, -0.1) is 0 Å². The van der Waals surface area contributed by atoms with E-state index < -0.39 is 0 Å². The number of anilines is 1. The molecule has 5 nitrogen and oxygen atoms in total. The molecule has 0 spiro atoms. The molecule has 104 valence electrons. The summed E-state index contributed by atoms with van der Waals surface area (Å²) in [4.78, 5) is 12.0. The van der Waals surface area contributed by atoms with Crippen molar-refractivity contribution in [2.24, 2.45) is 5.92 Å². The minimum Gasteiger partial charge on any atom is -0.326 e. The zero-order valence-corrected chi connectivity index (χ0v) is 11.2. The van der Waals surface area contributed by atoms with Crippen LogP contribution in [0.25, 0.3) is 0 Å². The molecule has 2 aromatic rings. The summed E-state index contributed by atoms with van der Waals surface area (Å²) in [6.07, 6.45) is 4.62. The van der Waals surface area contributed by atoms with Gasteiger partial charge in [-0.2, -0.15) is 5.10 Å². The lowest BCUT2D eigenvalue weighted by atomic mass is 10.1. The molecule has 1 fully saturated rings. The van der Waals surface area contributed by atoms with Crippen LogP contribution in [-0.4, -0.2) is 28.8 Å². The molecule has 1 amide bonds. The fourth-order valence-corrected chi connectivity index (χ4v) is 2.40. The van der Waals surface area contributed by atoms with Gasteiger partial charge in [-0.25, -0.2) is 0 Å². The van der Waals surface area contributed by atoms with Crippen molar-refractivity contribution >= 4 is 11.6 Å². The van der Waals surface area contributed by atoms with Gasteiger partial charge in [0.25, 0.3) is 0 Å². The molecule has 20 heavy (non-hydrogen) atoms. The van der Waals surface area contributed by atoms with Crippen molar-refractivity contribution in [1.29, 1.82) is 0 Å². The summed E-state index contributed by atoms with van der Waals surface area (Å²) < 4.78 is 1.87. The van der Waals surface area contributed by atoms with Crippen LogP contribution in [0, 0.1) is 5.92 Å². The van der Waals surface area contributed by atoms with Gasteiger partial charge in [0, 0.05) is 24.6 Å². The van der Waals surface area contributed by atoms with E-state index >= 15 is 0 Å². The Labute approximate surface area is 118 Å². The van der Waals surface area contributed by atoms with Crippen LogP contribution in [0.5, 0.6) is 0 Å². The molecule has 1 saturated heterocycles. The molecule has 0 radical (unpaired) electrons. The highest BCUT2D eigenvalue weighted by molar-refractivity contribution is 5.92. The van der Waals surface area contributed by atoms with E-state index in [0.717, 1.165) is 37.3 Å². The van der Waals surface area contributed by atoms with Crippen LogP contribution >= 0.6 is 0 Å². The Kier molecular flexibility index (Phi) is 3.78. The van der Waals surface area contributed by atoms with Crippen LogP contribution in [0.3, 0.4) is 0 Å². The van der Waals surface area contributed by atoms with Gasteiger partial charge in [0.05, 0.1) is 12.5 Å². The predicted molar refractivity (Wildman–Crippen MR) is 77.4 cm³/mol. The predicted octanol–water partition coefficient (Wildman–Crippen LogP) is 1.48. The number of nitrogens with zero attached hydrogens (tertiary/aromatic N) is 2. The third kappa shape index (κ3) is 3.05. The Morgan fingerprint density at radius 1 is 1.40 bits per heavy atom. The Morgan fingerprint density at radius 3 is 2.90 bits per heavy atom. The number of hydrogen-bond acceptors (Lipinski definition) is 3. The van der Waals surface area contributed by atoms with Gasteiger partial charge in [0.1, 0.15) is 0 Å². The van der Waals surface area contributed by atoms with E-state index in [2.05, 4.69) is 15.7 Å². The van der Waals surface area contributed by atoms with E-state index in [-0.39, 0.29) is 11.8 Å². The third-order valence-corrected chi connectivity index (χ3v) is 3.56. The molecule has 0 aliphatic carbocycles. The first-order chi connectivity index (χ1) is 9.81. The van der Waals surface area contributed by atoms with Gasteiger partial charge in [0.2, 0.25) is 5.91 Å². The van der Waals surface area contributed by atoms with Crippen LogP contribution in [0.1, 0.15) is 12.0 Å². The standard InChI is InChI=1S/C15H18N4O/c20-15(13-6-8-16-10-13)18-14-4-2-12(3-5-14)11-19-9-1-7-17-19/h1-5,7,9,13,16H,6,8,10-11H2,(H,18,20)/t13-/m1/s1. The van der Waals surface area contributed by atoms with Crippen LogP contribution in [0.2, 0.25) is 0 Å². The lowest BCUT2D eigenvalue weighted by Gasteiger charge is -2.10. The summed E-state index contributed by atoms with van der Waals surface area (Å²) in [5, 5.41) is 10.3. The highest BCUT2D eigenvalue weighted by Gasteiger charge is 2.22. The van der Waals surface area contributed by atoms with Gasteiger partial charge in [-0.1, -0.05) is 12.1 Å². The molecule has 1 aromatic carbocycles. The molecule has 0 saturated carbocycles. The fourth-order valence-electron chi connectivity index (χ4n) is 2.40. The lowest BCUT2D eigenvalue weighted by molar-refractivity contribution is -0.119. The number of amides is 1. The van der Waals surface area contributed by atoms with Crippen molar-refractivity contribution in [1.82, 2.24) is 15.1 Å². The van der Waals surface area contributed by atoms with Crippen molar-refractivity contribution in [3.05, 3.63) is 48.3 Å². The molecular weight excluding hydrogens is 252 g/mol.